The summed E-state index contributed by atoms with van der Waals surface area (Å²) in [5, 5.41) is 4.71. The second-order valence-electron chi connectivity index (χ2n) is 5.65. The van der Waals surface area contributed by atoms with E-state index in [1.807, 2.05) is 13.0 Å². The molecule has 1 aromatic heterocycles. The second-order valence-corrected chi connectivity index (χ2v) is 7.51. The zero-order valence-electron chi connectivity index (χ0n) is 13.2. The number of nitrogens with one attached hydrogen (secondary N) is 1. The number of sulfonamides is 1. The summed E-state index contributed by atoms with van der Waals surface area (Å²) in [7, 11) is -3.54. The Morgan fingerprint density at radius 3 is 3.00 bits per heavy atom. The first-order valence-electron chi connectivity index (χ1n) is 7.57. The Balaban J connectivity index is 0.00000192. The van der Waals surface area contributed by atoms with Gasteiger partial charge in [-0.3, -0.25) is 4.98 Å². The average molecular weight is 407 g/mol. The van der Waals surface area contributed by atoms with Gasteiger partial charge in [-0.15, -0.1) is 11.5 Å². The standard InChI is InChI=1S/C16H20N3O2S.Y/c1-13-11-17-8-2-3-10-19(13)22(20,21)16-6-4-5-14-12-18-9-7-15(14)16;/h4-6,9,12-13,17H,2-3,8,10-11H2,1H3;/q-1;/t13-;/m0./s1. The van der Waals surface area contributed by atoms with Crippen LogP contribution in [0.5, 0.6) is 0 Å². The fraction of sp³-hybridized carbons (Fsp3) is 0.438. The Labute approximate surface area is 162 Å². The number of benzene rings is 1. The van der Waals surface area contributed by atoms with Gasteiger partial charge in [0.15, 0.2) is 10.0 Å². The summed E-state index contributed by atoms with van der Waals surface area (Å²) in [6.07, 6.45) is 5.04. The first-order valence-corrected chi connectivity index (χ1v) is 9.01. The minimum Gasteiger partial charge on any atom is -0.315 e. The van der Waals surface area contributed by atoms with Crippen molar-refractivity contribution in [3.63, 3.8) is 0 Å². The molecule has 1 N–H and O–H groups in total. The van der Waals surface area contributed by atoms with E-state index in [9.17, 15) is 8.42 Å². The molecule has 23 heavy (non-hydrogen) atoms. The molecule has 0 aliphatic carbocycles. The molecule has 2 aromatic rings. The maximum absolute atomic E-state index is 13.1. The quantitative estimate of drug-likeness (QED) is 0.772. The molecule has 1 fully saturated rings. The molecule has 0 bridgehead atoms. The first kappa shape index (κ1) is 18.9. The fourth-order valence-electron chi connectivity index (χ4n) is 2.88. The summed E-state index contributed by atoms with van der Waals surface area (Å²) in [6, 6.07) is 8.19. The van der Waals surface area contributed by atoms with Gasteiger partial charge in [-0.05, 0) is 43.6 Å². The third-order valence-corrected chi connectivity index (χ3v) is 6.11. The predicted octanol–water partition coefficient (Wildman–Crippen LogP) is 1.80. The van der Waals surface area contributed by atoms with E-state index in [1.165, 1.54) is 6.20 Å². The van der Waals surface area contributed by atoms with Crippen molar-refractivity contribution in [2.75, 3.05) is 19.6 Å². The average Bonchev–Trinajstić information content (AvgIpc) is 2.50. The summed E-state index contributed by atoms with van der Waals surface area (Å²) >= 11 is 0. The van der Waals surface area contributed by atoms with Crippen LogP contribution in [0.15, 0.2) is 35.5 Å². The van der Waals surface area contributed by atoms with Crippen molar-refractivity contribution in [1.29, 1.82) is 0 Å². The van der Waals surface area contributed by atoms with E-state index in [0.29, 0.717) is 23.4 Å². The zero-order chi connectivity index (χ0) is 15.6. The molecule has 1 radical (unpaired) electrons. The van der Waals surface area contributed by atoms with Crippen LogP contribution in [-0.2, 0) is 42.7 Å². The summed E-state index contributed by atoms with van der Waals surface area (Å²) in [5.41, 5.74) is 0. The van der Waals surface area contributed by atoms with Gasteiger partial charge in [0.05, 0.1) is 0 Å². The second kappa shape index (κ2) is 8.12. The van der Waals surface area contributed by atoms with E-state index < -0.39 is 10.0 Å². The summed E-state index contributed by atoms with van der Waals surface area (Å²) in [6.45, 7) is 4.14. The van der Waals surface area contributed by atoms with E-state index in [0.717, 1.165) is 24.8 Å². The minimum absolute atomic E-state index is 0. The molecule has 3 rings (SSSR count). The number of fused-ring (bicyclic) bond motifs is 1. The number of rotatable bonds is 2. The van der Waals surface area contributed by atoms with Gasteiger partial charge in [0.2, 0.25) is 0 Å². The Bertz CT molecular complexity index is 762. The molecule has 1 aromatic carbocycles. The number of aromatic nitrogens is 1. The van der Waals surface area contributed by atoms with Gasteiger partial charge in [0, 0.05) is 51.8 Å². The van der Waals surface area contributed by atoms with Crippen LogP contribution in [0, 0.1) is 6.07 Å². The maximum Gasteiger partial charge on any atom is 0.197 e. The zero-order valence-corrected chi connectivity index (χ0v) is 16.9. The van der Waals surface area contributed by atoms with Crippen molar-refractivity contribution in [2.24, 2.45) is 0 Å². The van der Waals surface area contributed by atoms with E-state index in [2.05, 4.69) is 16.4 Å². The number of hydrogen-bond donors (Lipinski definition) is 1. The van der Waals surface area contributed by atoms with E-state index >= 15 is 0 Å². The summed E-state index contributed by atoms with van der Waals surface area (Å²) in [4.78, 5) is 4.34. The molecule has 1 aliphatic heterocycles. The van der Waals surface area contributed by atoms with Crippen LogP contribution >= 0.6 is 0 Å². The van der Waals surface area contributed by atoms with E-state index in [-0.39, 0.29) is 38.8 Å². The molecule has 1 atom stereocenters. The largest absolute Gasteiger partial charge is 0.315 e. The summed E-state index contributed by atoms with van der Waals surface area (Å²) in [5.74, 6) is 0. The van der Waals surface area contributed by atoms with Crippen molar-refractivity contribution in [3.05, 3.63) is 36.7 Å². The first-order chi connectivity index (χ1) is 10.6. The van der Waals surface area contributed by atoms with Crippen molar-refractivity contribution in [2.45, 2.75) is 30.7 Å². The molecule has 7 heteroatoms. The molecule has 121 valence electrons. The van der Waals surface area contributed by atoms with Gasteiger partial charge < -0.3 is 5.32 Å². The van der Waals surface area contributed by atoms with Crippen LogP contribution in [0.1, 0.15) is 19.8 Å². The maximum atomic E-state index is 13.1. The van der Waals surface area contributed by atoms with Crippen LogP contribution in [0.2, 0.25) is 0 Å². The van der Waals surface area contributed by atoms with Crippen LogP contribution in [-0.4, -0.2) is 43.4 Å². The van der Waals surface area contributed by atoms with Crippen LogP contribution in [0.3, 0.4) is 0 Å². The molecule has 0 unspecified atom stereocenters. The molecule has 5 nitrogen and oxygen atoms in total. The van der Waals surface area contributed by atoms with E-state index in [1.54, 1.807) is 22.6 Å². The minimum atomic E-state index is -3.54. The predicted molar refractivity (Wildman–Crippen MR) is 86.0 cm³/mol. The van der Waals surface area contributed by atoms with Gasteiger partial charge in [0.25, 0.3) is 0 Å². The van der Waals surface area contributed by atoms with Crippen molar-refractivity contribution in [3.8, 4) is 0 Å². The van der Waals surface area contributed by atoms with Gasteiger partial charge in [-0.2, -0.15) is 11.5 Å². The van der Waals surface area contributed by atoms with Crippen LogP contribution in [0.4, 0.5) is 0 Å². The Kier molecular flexibility index (Phi) is 6.69. The van der Waals surface area contributed by atoms with Gasteiger partial charge in [-0.1, -0.05) is 12.1 Å². The van der Waals surface area contributed by atoms with Gasteiger partial charge >= 0.3 is 0 Å². The molecule has 2 heterocycles. The third-order valence-electron chi connectivity index (χ3n) is 4.06. The molecular weight excluding hydrogens is 387 g/mol. The number of pyridine rings is 1. The third kappa shape index (κ3) is 3.99. The van der Waals surface area contributed by atoms with Crippen molar-refractivity contribution in [1.82, 2.24) is 14.6 Å². The van der Waals surface area contributed by atoms with Crippen LogP contribution < -0.4 is 5.32 Å². The Hall–Kier alpha value is -0.396. The molecule has 1 saturated heterocycles. The molecule has 0 saturated carbocycles. The molecule has 0 spiro atoms. The number of nitrogens with zero attached hydrogens (tertiary/aromatic N) is 2. The molecule has 0 amide bonds. The van der Waals surface area contributed by atoms with Crippen LogP contribution in [0.25, 0.3) is 10.8 Å². The van der Waals surface area contributed by atoms with Crippen molar-refractivity contribution >= 4 is 20.8 Å². The summed E-state index contributed by atoms with van der Waals surface area (Å²) < 4.78 is 27.9. The number of hydrogen-bond acceptors (Lipinski definition) is 4. The molecule has 1 aliphatic rings. The Morgan fingerprint density at radius 1 is 1.35 bits per heavy atom. The SMILES string of the molecule is C[C@H]1CNCCCCN1S(=O)(=O)c1cccc2cnc[c-]c12.[Y]. The monoisotopic (exact) mass is 407 g/mol. The molecular formula is C16H20N3O2SY-. The topological polar surface area (TPSA) is 62.3 Å². The fourth-order valence-corrected chi connectivity index (χ4v) is 4.73. The smallest absolute Gasteiger partial charge is 0.197 e. The normalized spacial score (nSPS) is 20.5. The van der Waals surface area contributed by atoms with Gasteiger partial charge in [0.1, 0.15) is 0 Å². The van der Waals surface area contributed by atoms with E-state index in [4.69, 9.17) is 0 Å². The Morgan fingerprint density at radius 2 is 2.17 bits per heavy atom. The van der Waals surface area contributed by atoms with Crippen molar-refractivity contribution < 1.29 is 41.1 Å². The van der Waals surface area contributed by atoms with Gasteiger partial charge in [-0.25, -0.2) is 12.7 Å².